The summed E-state index contributed by atoms with van der Waals surface area (Å²) in [4.78, 5) is 20.8. The molecular weight excluding hydrogens is 310 g/mol. The van der Waals surface area contributed by atoms with Crippen LogP contribution in [-0.4, -0.2) is 44.2 Å². The fourth-order valence-corrected chi connectivity index (χ4v) is 3.62. The number of nitrogens with zero attached hydrogens (tertiary/aromatic N) is 4. The second-order valence-corrected chi connectivity index (χ2v) is 6.43. The molecule has 1 N–H and O–H groups in total. The van der Waals surface area contributed by atoms with E-state index in [2.05, 4.69) is 25.8 Å². The average molecular weight is 331 g/mol. The normalized spacial score (nSPS) is 18.3. The summed E-state index contributed by atoms with van der Waals surface area (Å²) in [5, 5.41) is 3.35. The van der Waals surface area contributed by atoms with E-state index in [1.54, 1.807) is 42.0 Å². The predicted molar refractivity (Wildman–Crippen MR) is 94.4 cm³/mol. The van der Waals surface area contributed by atoms with Crippen LogP contribution in [0.15, 0.2) is 35.4 Å². The van der Waals surface area contributed by atoms with Crippen molar-refractivity contribution in [3.05, 3.63) is 40.9 Å². The molecule has 1 aliphatic rings. The third-order valence-electron chi connectivity index (χ3n) is 4.16. The lowest BCUT2D eigenvalue weighted by Crippen LogP contribution is -2.32. The zero-order valence-corrected chi connectivity index (χ0v) is 14.2. The number of pyridine rings is 1. The van der Waals surface area contributed by atoms with E-state index in [4.69, 9.17) is 0 Å². The van der Waals surface area contributed by atoms with E-state index in [0.717, 1.165) is 18.7 Å². The first-order valence-electron chi connectivity index (χ1n) is 7.72. The molecule has 0 bridgehead atoms. The Morgan fingerprint density at radius 1 is 1.39 bits per heavy atom. The first-order valence-corrected chi connectivity index (χ1v) is 8.90. The van der Waals surface area contributed by atoms with E-state index in [0.29, 0.717) is 17.7 Å². The maximum atomic E-state index is 12.2. The Balaban J connectivity index is 1.81. The van der Waals surface area contributed by atoms with Gasteiger partial charge in [-0.2, -0.15) is 0 Å². The predicted octanol–water partition coefficient (Wildman–Crippen LogP) is 2.00. The molecule has 122 valence electrons. The van der Waals surface area contributed by atoms with Crippen molar-refractivity contribution >= 4 is 17.9 Å². The summed E-state index contributed by atoms with van der Waals surface area (Å²) in [6.07, 6.45) is 7.91. The number of rotatable bonds is 5. The van der Waals surface area contributed by atoms with Crippen LogP contribution in [0, 0.1) is 0 Å². The quantitative estimate of drug-likeness (QED) is 0.846. The molecule has 23 heavy (non-hydrogen) atoms. The van der Waals surface area contributed by atoms with Crippen LogP contribution in [0.2, 0.25) is 0 Å². The highest BCUT2D eigenvalue weighted by atomic mass is 32.2. The molecule has 0 saturated carbocycles. The molecule has 3 rings (SSSR count). The van der Waals surface area contributed by atoms with Gasteiger partial charge in [-0.1, -0.05) is 11.9 Å². The van der Waals surface area contributed by atoms with Crippen molar-refractivity contribution in [2.24, 2.45) is 7.05 Å². The fraction of sp³-hybridized carbons (Fsp3) is 0.438. The summed E-state index contributed by atoms with van der Waals surface area (Å²) in [5.74, 6) is 0.609. The highest BCUT2D eigenvalue weighted by Crippen LogP contribution is 2.23. The van der Waals surface area contributed by atoms with E-state index >= 15 is 0 Å². The van der Waals surface area contributed by atoms with Gasteiger partial charge in [0, 0.05) is 50.2 Å². The third kappa shape index (κ3) is 3.56. The monoisotopic (exact) mass is 331 g/mol. The van der Waals surface area contributed by atoms with Crippen LogP contribution in [0.5, 0.6) is 0 Å². The molecule has 1 fully saturated rings. The van der Waals surface area contributed by atoms with E-state index in [9.17, 15) is 4.79 Å². The SMILES string of the molecule is CSN1CCC[C@@H]1CNc1nc(-c2ccncc2)cc(=O)n1C. The summed E-state index contributed by atoms with van der Waals surface area (Å²) in [6, 6.07) is 5.76. The van der Waals surface area contributed by atoms with Gasteiger partial charge < -0.3 is 5.32 Å². The maximum absolute atomic E-state index is 12.2. The Morgan fingerprint density at radius 3 is 2.91 bits per heavy atom. The Labute approximate surface area is 140 Å². The van der Waals surface area contributed by atoms with Crippen molar-refractivity contribution in [3.8, 4) is 11.3 Å². The Hall–Kier alpha value is -1.86. The molecule has 0 aliphatic carbocycles. The molecule has 0 radical (unpaired) electrons. The van der Waals surface area contributed by atoms with Crippen molar-refractivity contribution in [3.63, 3.8) is 0 Å². The minimum absolute atomic E-state index is 0.0672. The molecule has 3 heterocycles. The van der Waals surface area contributed by atoms with Crippen molar-refractivity contribution < 1.29 is 0 Å². The Kier molecular flexibility index (Phi) is 4.97. The van der Waals surface area contributed by atoms with E-state index in [-0.39, 0.29) is 5.56 Å². The van der Waals surface area contributed by atoms with Crippen molar-refractivity contribution in [2.45, 2.75) is 18.9 Å². The summed E-state index contributed by atoms with van der Waals surface area (Å²) in [5.41, 5.74) is 1.50. The first-order chi connectivity index (χ1) is 11.2. The van der Waals surface area contributed by atoms with Crippen LogP contribution in [0.3, 0.4) is 0 Å². The molecule has 0 spiro atoms. The fourth-order valence-electron chi connectivity index (χ4n) is 2.83. The zero-order valence-electron chi connectivity index (χ0n) is 13.4. The minimum Gasteiger partial charge on any atom is -0.354 e. The number of anilines is 1. The van der Waals surface area contributed by atoms with Gasteiger partial charge in [0.1, 0.15) is 0 Å². The molecule has 2 aromatic rings. The van der Waals surface area contributed by atoms with Gasteiger partial charge in [-0.05, 0) is 31.2 Å². The first kappa shape index (κ1) is 16.0. The standard InChI is InChI=1S/C16H21N5OS/c1-20-15(22)10-14(12-5-7-17-8-6-12)19-16(20)18-11-13-4-3-9-21(13)23-2/h5-8,10,13H,3-4,9,11H2,1-2H3,(H,18,19)/t13-/m1/s1. The topological polar surface area (TPSA) is 63.0 Å². The van der Waals surface area contributed by atoms with Gasteiger partial charge in [0.25, 0.3) is 5.56 Å². The van der Waals surface area contributed by atoms with Gasteiger partial charge in [0.15, 0.2) is 0 Å². The van der Waals surface area contributed by atoms with Gasteiger partial charge in [-0.25, -0.2) is 9.29 Å². The molecule has 0 amide bonds. The van der Waals surface area contributed by atoms with Crippen LogP contribution >= 0.6 is 11.9 Å². The van der Waals surface area contributed by atoms with Gasteiger partial charge in [-0.3, -0.25) is 14.3 Å². The molecule has 0 unspecified atom stereocenters. The number of nitrogens with one attached hydrogen (secondary N) is 1. The number of aromatic nitrogens is 3. The average Bonchev–Trinajstić information content (AvgIpc) is 3.04. The van der Waals surface area contributed by atoms with Crippen molar-refractivity contribution in [1.82, 2.24) is 18.8 Å². The van der Waals surface area contributed by atoms with E-state index in [1.165, 1.54) is 12.8 Å². The molecule has 7 heteroatoms. The molecule has 2 aromatic heterocycles. The molecular formula is C16H21N5OS. The largest absolute Gasteiger partial charge is 0.354 e. The lowest BCUT2D eigenvalue weighted by molar-refractivity contribution is 0.452. The second kappa shape index (κ2) is 7.14. The highest BCUT2D eigenvalue weighted by molar-refractivity contribution is 7.96. The zero-order chi connectivity index (χ0) is 16.2. The van der Waals surface area contributed by atoms with Crippen LogP contribution < -0.4 is 10.9 Å². The lowest BCUT2D eigenvalue weighted by atomic mass is 10.2. The summed E-state index contributed by atoms with van der Waals surface area (Å²) in [7, 11) is 1.75. The Morgan fingerprint density at radius 2 is 2.17 bits per heavy atom. The van der Waals surface area contributed by atoms with Crippen molar-refractivity contribution in [1.29, 1.82) is 0 Å². The number of hydrogen-bond acceptors (Lipinski definition) is 6. The van der Waals surface area contributed by atoms with E-state index < -0.39 is 0 Å². The molecule has 1 aliphatic heterocycles. The van der Waals surface area contributed by atoms with Crippen molar-refractivity contribution in [2.75, 3.05) is 24.7 Å². The smallest absolute Gasteiger partial charge is 0.255 e. The molecule has 1 atom stereocenters. The van der Waals surface area contributed by atoms with Crippen LogP contribution in [0.25, 0.3) is 11.3 Å². The molecule has 0 aromatic carbocycles. The highest BCUT2D eigenvalue weighted by Gasteiger charge is 2.23. The van der Waals surface area contributed by atoms with Crippen LogP contribution in [-0.2, 0) is 7.05 Å². The summed E-state index contributed by atoms with van der Waals surface area (Å²) < 4.78 is 3.95. The summed E-state index contributed by atoms with van der Waals surface area (Å²) in [6.45, 7) is 1.91. The molecule has 1 saturated heterocycles. The van der Waals surface area contributed by atoms with Gasteiger partial charge in [0.05, 0.1) is 5.69 Å². The second-order valence-electron chi connectivity index (χ2n) is 5.60. The van der Waals surface area contributed by atoms with Gasteiger partial charge in [-0.15, -0.1) is 0 Å². The molecule has 6 nitrogen and oxygen atoms in total. The lowest BCUT2D eigenvalue weighted by Gasteiger charge is -2.22. The van der Waals surface area contributed by atoms with Gasteiger partial charge >= 0.3 is 0 Å². The minimum atomic E-state index is -0.0672. The van der Waals surface area contributed by atoms with Gasteiger partial charge in [0.2, 0.25) is 5.95 Å². The summed E-state index contributed by atoms with van der Waals surface area (Å²) >= 11 is 1.78. The third-order valence-corrected chi connectivity index (χ3v) is 5.11. The van der Waals surface area contributed by atoms with Crippen LogP contribution in [0.4, 0.5) is 5.95 Å². The Bertz CT molecular complexity index is 718. The van der Waals surface area contributed by atoms with Crippen LogP contribution in [0.1, 0.15) is 12.8 Å². The maximum Gasteiger partial charge on any atom is 0.255 e. The number of hydrogen-bond donors (Lipinski definition) is 1. The van der Waals surface area contributed by atoms with E-state index in [1.807, 2.05) is 12.1 Å².